The molecule has 4 aromatic rings. The Morgan fingerprint density at radius 1 is 1.15 bits per heavy atom. The number of hydrogen-bond donors (Lipinski definition) is 0. The second-order valence-electron chi connectivity index (χ2n) is 6.50. The minimum atomic E-state index is 0.0623. The first-order valence-corrected chi connectivity index (χ1v) is 8.84. The molecule has 0 amide bonds. The minimum Gasteiger partial charge on any atom is -0.497 e. The Labute approximate surface area is 157 Å². The van der Waals surface area contributed by atoms with Crippen LogP contribution in [0.4, 0.5) is 0 Å². The largest absolute Gasteiger partial charge is 0.497 e. The number of para-hydroxylation sites is 1. The maximum atomic E-state index is 12.6. The van der Waals surface area contributed by atoms with E-state index in [0.29, 0.717) is 18.7 Å². The van der Waals surface area contributed by atoms with E-state index in [-0.39, 0.29) is 5.78 Å². The number of ether oxygens (including phenoxy) is 1. The van der Waals surface area contributed by atoms with Crippen LogP contribution in [0.15, 0.2) is 71.4 Å². The molecule has 0 atom stereocenters. The second-order valence-corrected chi connectivity index (χ2v) is 6.50. The standard InChI is InChI=1S/C22H21N2O3/c1-16-23(14-20-13-18-5-3-4-6-22(18)27-20)11-12-24(16)15-21(25)17-7-9-19(26-2)10-8-17/h3-13H,14-15H2,1-2H3/q+1. The van der Waals surface area contributed by atoms with Gasteiger partial charge in [-0.2, -0.15) is 0 Å². The Morgan fingerprint density at radius 3 is 2.67 bits per heavy atom. The van der Waals surface area contributed by atoms with Gasteiger partial charge in [-0.05, 0) is 36.4 Å². The number of nitrogens with zero attached hydrogens (tertiary/aromatic N) is 2. The van der Waals surface area contributed by atoms with Gasteiger partial charge in [-0.25, -0.2) is 9.13 Å². The van der Waals surface area contributed by atoms with Crippen LogP contribution in [0.5, 0.6) is 5.75 Å². The van der Waals surface area contributed by atoms with E-state index in [1.165, 1.54) is 0 Å². The molecule has 0 radical (unpaired) electrons. The molecule has 2 aromatic carbocycles. The summed E-state index contributed by atoms with van der Waals surface area (Å²) in [6, 6.07) is 17.2. The quantitative estimate of drug-likeness (QED) is 0.388. The van der Waals surface area contributed by atoms with Crippen LogP contribution in [-0.2, 0) is 13.1 Å². The lowest BCUT2D eigenvalue weighted by Crippen LogP contribution is -2.39. The van der Waals surface area contributed by atoms with Crippen molar-refractivity contribution in [2.75, 3.05) is 7.11 Å². The maximum absolute atomic E-state index is 12.6. The van der Waals surface area contributed by atoms with Crippen molar-refractivity contribution < 1.29 is 18.5 Å². The maximum Gasteiger partial charge on any atom is 0.254 e. The van der Waals surface area contributed by atoms with E-state index in [4.69, 9.17) is 9.15 Å². The van der Waals surface area contributed by atoms with Gasteiger partial charge in [-0.3, -0.25) is 4.79 Å². The summed E-state index contributed by atoms with van der Waals surface area (Å²) in [6.07, 6.45) is 3.91. The fourth-order valence-corrected chi connectivity index (χ4v) is 3.18. The molecule has 4 rings (SSSR count). The van der Waals surface area contributed by atoms with E-state index in [9.17, 15) is 4.79 Å². The lowest BCUT2D eigenvalue weighted by molar-refractivity contribution is -0.688. The molecular formula is C22H21N2O3+. The molecule has 27 heavy (non-hydrogen) atoms. The molecule has 0 aliphatic carbocycles. The van der Waals surface area contributed by atoms with Gasteiger partial charge >= 0.3 is 0 Å². The van der Waals surface area contributed by atoms with Gasteiger partial charge in [-0.1, -0.05) is 18.2 Å². The average Bonchev–Trinajstić information content (AvgIpc) is 3.26. The predicted octanol–water partition coefficient (Wildman–Crippen LogP) is 3.77. The first kappa shape index (κ1) is 17.1. The van der Waals surface area contributed by atoms with Gasteiger partial charge in [0.05, 0.1) is 7.11 Å². The zero-order valence-corrected chi connectivity index (χ0v) is 15.4. The highest BCUT2D eigenvalue weighted by molar-refractivity contribution is 5.95. The third-order valence-corrected chi connectivity index (χ3v) is 4.79. The van der Waals surface area contributed by atoms with Crippen molar-refractivity contribution >= 4 is 16.8 Å². The molecule has 0 bridgehead atoms. The fourth-order valence-electron chi connectivity index (χ4n) is 3.18. The summed E-state index contributed by atoms with van der Waals surface area (Å²) < 4.78 is 15.1. The molecule has 0 spiro atoms. The van der Waals surface area contributed by atoms with Crippen molar-refractivity contribution in [3.05, 3.63) is 84.1 Å². The van der Waals surface area contributed by atoms with Crippen molar-refractivity contribution in [1.29, 1.82) is 0 Å². The monoisotopic (exact) mass is 361 g/mol. The summed E-state index contributed by atoms with van der Waals surface area (Å²) in [5, 5.41) is 1.10. The predicted molar refractivity (Wildman–Crippen MR) is 102 cm³/mol. The van der Waals surface area contributed by atoms with Gasteiger partial charge in [0.1, 0.15) is 36.0 Å². The molecule has 136 valence electrons. The summed E-state index contributed by atoms with van der Waals surface area (Å²) in [5.41, 5.74) is 1.56. The summed E-state index contributed by atoms with van der Waals surface area (Å²) in [7, 11) is 1.61. The smallest absolute Gasteiger partial charge is 0.254 e. The lowest BCUT2D eigenvalue weighted by atomic mass is 10.1. The molecular weight excluding hydrogens is 340 g/mol. The van der Waals surface area contributed by atoms with E-state index < -0.39 is 0 Å². The average molecular weight is 361 g/mol. The van der Waals surface area contributed by atoms with Crippen LogP contribution in [-0.4, -0.2) is 17.5 Å². The van der Waals surface area contributed by atoms with Crippen molar-refractivity contribution in [2.45, 2.75) is 20.0 Å². The molecule has 0 aliphatic heterocycles. The lowest BCUT2D eigenvalue weighted by Gasteiger charge is -2.03. The highest BCUT2D eigenvalue weighted by atomic mass is 16.5. The molecule has 0 aliphatic rings. The zero-order valence-electron chi connectivity index (χ0n) is 15.4. The number of carbonyl (C=O) groups excluding carboxylic acids is 1. The molecule has 0 unspecified atom stereocenters. The van der Waals surface area contributed by atoms with Crippen molar-refractivity contribution in [3.63, 3.8) is 0 Å². The van der Waals surface area contributed by atoms with Gasteiger partial charge in [0.2, 0.25) is 5.78 Å². The Kier molecular flexibility index (Phi) is 4.50. The molecule has 2 aromatic heterocycles. The summed E-state index contributed by atoms with van der Waals surface area (Å²) in [5.74, 6) is 2.69. The molecule has 0 N–H and O–H groups in total. The van der Waals surface area contributed by atoms with E-state index in [1.54, 1.807) is 31.4 Å². The molecule has 0 saturated heterocycles. The topological polar surface area (TPSA) is 48.2 Å². The molecule has 5 nitrogen and oxygen atoms in total. The summed E-state index contributed by atoms with van der Waals surface area (Å²) in [4.78, 5) is 12.6. The van der Waals surface area contributed by atoms with Gasteiger partial charge < -0.3 is 9.15 Å². The number of benzene rings is 2. The van der Waals surface area contributed by atoms with Gasteiger partial charge in [-0.15, -0.1) is 0 Å². The number of methoxy groups -OCH3 is 1. The number of aromatic nitrogens is 2. The number of ketones is 1. The van der Waals surface area contributed by atoms with Crippen LogP contribution in [0, 0.1) is 6.92 Å². The van der Waals surface area contributed by atoms with E-state index in [2.05, 4.69) is 10.6 Å². The summed E-state index contributed by atoms with van der Waals surface area (Å²) >= 11 is 0. The SMILES string of the molecule is COc1ccc(C(=O)C[n+]2ccn(Cc3cc4ccccc4o3)c2C)cc1. The van der Waals surface area contributed by atoms with E-state index in [1.807, 2.05) is 48.1 Å². The Morgan fingerprint density at radius 2 is 1.93 bits per heavy atom. The number of furan rings is 1. The highest BCUT2D eigenvalue weighted by Gasteiger charge is 2.18. The Bertz CT molecular complexity index is 1060. The first-order valence-electron chi connectivity index (χ1n) is 8.84. The van der Waals surface area contributed by atoms with Gasteiger partial charge in [0.25, 0.3) is 5.82 Å². The molecule has 5 heteroatoms. The van der Waals surface area contributed by atoms with Crippen molar-refractivity contribution in [3.8, 4) is 5.75 Å². The van der Waals surface area contributed by atoms with E-state index >= 15 is 0 Å². The number of rotatable bonds is 6. The van der Waals surface area contributed by atoms with Crippen molar-refractivity contribution in [1.82, 2.24) is 4.57 Å². The third-order valence-electron chi connectivity index (χ3n) is 4.79. The van der Waals surface area contributed by atoms with Crippen LogP contribution in [0.2, 0.25) is 0 Å². The molecule has 2 heterocycles. The second kappa shape index (κ2) is 7.11. The zero-order chi connectivity index (χ0) is 18.8. The molecule has 0 saturated carbocycles. The van der Waals surface area contributed by atoms with Gasteiger partial charge in [0, 0.05) is 17.9 Å². The number of carbonyl (C=O) groups is 1. The minimum absolute atomic E-state index is 0.0623. The van der Waals surface area contributed by atoms with Crippen LogP contribution in [0.25, 0.3) is 11.0 Å². The Hall–Kier alpha value is -3.34. The fraction of sp³-hybridized carbons (Fsp3) is 0.182. The van der Waals surface area contributed by atoms with Crippen LogP contribution < -0.4 is 9.30 Å². The summed E-state index contributed by atoms with van der Waals surface area (Å²) in [6.45, 7) is 2.93. The Balaban J connectivity index is 1.50. The number of hydrogen-bond acceptors (Lipinski definition) is 3. The van der Waals surface area contributed by atoms with Crippen LogP contribution in [0.1, 0.15) is 21.9 Å². The first-order chi connectivity index (χ1) is 13.1. The normalized spacial score (nSPS) is 11.0. The molecule has 0 fully saturated rings. The van der Waals surface area contributed by atoms with Crippen LogP contribution >= 0.6 is 0 Å². The highest BCUT2D eigenvalue weighted by Crippen LogP contribution is 2.19. The van der Waals surface area contributed by atoms with Crippen molar-refractivity contribution in [2.24, 2.45) is 0 Å². The number of Topliss-reactive ketones (excluding diaryl/α,β-unsaturated/α-hetero) is 1. The number of imidazole rings is 1. The van der Waals surface area contributed by atoms with E-state index in [0.717, 1.165) is 28.3 Å². The van der Waals surface area contributed by atoms with Crippen LogP contribution in [0.3, 0.4) is 0 Å². The number of fused-ring (bicyclic) bond motifs is 1. The van der Waals surface area contributed by atoms with Gasteiger partial charge in [0.15, 0.2) is 6.54 Å². The third kappa shape index (κ3) is 3.49.